The fourth-order valence-corrected chi connectivity index (χ4v) is 7.53. The van der Waals surface area contributed by atoms with Crippen molar-refractivity contribution in [1.82, 2.24) is 9.88 Å². The van der Waals surface area contributed by atoms with Gasteiger partial charge in [0.15, 0.2) is 11.5 Å². The SMILES string of the molecule is COC(=O)[C@H]1[C@H]2C[C@@H]3c4[nH]c5cc(OC)ccc5c4CCN3C[C@H]2C[C@@H](OC(=O)c2ccc(OC)c(OC)c2)[C@@H]1OC. The average Bonchev–Trinajstić information content (AvgIpc) is 3.40. The second kappa shape index (κ2) is 11.5. The Balaban J connectivity index is 1.29. The lowest BCUT2D eigenvalue weighted by Gasteiger charge is -2.52. The highest BCUT2D eigenvalue weighted by molar-refractivity contribution is 5.90. The van der Waals surface area contributed by atoms with Gasteiger partial charge in [0.05, 0.1) is 46.0 Å². The molecular formula is C32H38N2O8. The first-order valence-electron chi connectivity index (χ1n) is 14.4. The summed E-state index contributed by atoms with van der Waals surface area (Å²) >= 11 is 0. The van der Waals surface area contributed by atoms with Crippen molar-refractivity contribution in [1.29, 1.82) is 0 Å². The monoisotopic (exact) mass is 578 g/mol. The van der Waals surface area contributed by atoms with Crippen LogP contribution in [0.15, 0.2) is 36.4 Å². The minimum absolute atomic E-state index is 0.00609. The van der Waals surface area contributed by atoms with Crippen LogP contribution in [0, 0.1) is 17.8 Å². The molecule has 0 unspecified atom stereocenters. The van der Waals surface area contributed by atoms with Crippen molar-refractivity contribution in [2.45, 2.75) is 37.5 Å². The van der Waals surface area contributed by atoms with E-state index in [1.165, 1.54) is 38.0 Å². The molecule has 42 heavy (non-hydrogen) atoms. The molecule has 224 valence electrons. The number of aromatic nitrogens is 1. The van der Waals surface area contributed by atoms with Crippen LogP contribution in [-0.2, 0) is 25.4 Å². The van der Waals surface area contributed by atoms with Crippen LogP contribution in [0.1, 0.15) is 40.5 Å². The van der Waals surface area contributed by atoms with Crippen molar-refractivity contribution in [3.63, 3.8) is 0 Å². The fourth-order valence-electron chi connectivity index (χ4n) is 7.53. The third-order valence-corrected chi connectivity index (χ3v) is 9.48. The number of nitrogens with zero attached hydrogens (tertiary/aromatic N) is 1. The van der Waals surface area contributed by atoms with E-state index in [1.807, 2.05) is 12.1 Å². The Morgan fingerprint density at radius 2 is 1.74 bits per heavy atom. The van der Waals surface area contributed by atoms with Crippen molar-refractivity contribution >= 4 is 22.8 Å². The summed E-state index contributed by atoms with van der Waals surface area (Å²) < 4.78 is 33.4. The van der Waals surface area contributed by atoms with Crippen LogP contribution in [0.3, 0.4) is 0 Å². The Bertz CT molecular complexity index is 1480. The average molecular weight is 579 g/mol. The maximum atomic E-state index is 13.4. The van der Waals surface area contributed by atoms with E-state index in [9.17, 15) is 9.59 Å². The standard InChI is InChI=1S/C32H38N2O8/c1-37-19-7-8-20-21-10-11-34-16-18-13-27(42-31(35)17-6-9-25(38-2)26(12-17)39-3)30(40-4)28(32(36)41-5)22(18)15-24(34)29(21)33-23(20)14-19/h6-9,12,14,18,22,24,27-28,30,33H,10-11,13,15-16H2,1-5H3/t18-,22+,24-,27-,28+,30+/m1/s1. The number of hydrogen-bond donors (Lipinski definition) is 1. The predicted octanol–water partition coefficient (Wildman–Crippen LogP) is 4.16. The number of H-pyrrole nitrogens is 1. The van der Waals surface area contributed by atoms with Gasteiger partial charge < -0.3 is 33.4 Å². The quantitative estimate of drug-likeness (QED) is 0.414. The first kappa shape index (κ1) is 28.4. The van der Waals surface area contributed by atoms with Gasteiger partial charge in [-0.05, 0) is 67.0 Å². The molecule has 2 aromatic carbocycles. The highest BCUT2D eigenvalue weighted by Gasteiger charge is 2.54. The van der Waals surface area contributed by atoms with E-state index in [0.717, 1.165) is 37.2 Å². The lowest BCUT2D eigenvalue weighted by Crippen LogP contribution is -2.58. The van der Waals surface area contributed by atoms with E-state index in [4.69, 9.17) is 28.4 Å². The molecular weight excluding hydrogens is 540 g/mol. The van der Waals surface area contributed by atoms with E-state index in [0.29, 0.717) is 23.5 Å². The summed E-state index contributed by atoms with van der Waals surface area (Å²) in [5, 5.41) is 1.22. The molecule has 1 saturated heterocycles. The highest BCUT2D eigenvalue weighted by atomic mass is 16.6. The number of carbonyl (C=O) groups is 2. The van der Waals surface area contributed by atoms with Crippen LogP contribution in [0.25, 0.3) is 10.9 Å². The zero-order valence-electron chi connectivity index (χ0n) is 24.7. The van der Waals surface area contributed by atoms with Crippen molar-refractivity contribution in [3.8, 4) is 17.2 Å². The van der Waals surface area contributed by atoms with Gasteiger partial charge in [0, 0.05) is 42.9 Å². The highest BCUT2D eigenvalue weighted by Crippen LogP contribution is 2.50. The largest absolute Gasteiger partial charge is 0.497 e. The Kier molecular flexibility index (Phi) is 7.76. The van der Waals surface area contributed by atoms with Gasteiger partial charge in [-0.15, -0.1) is 0 Å². The molecule has 10 heteroatoms. The van der Waals surface area contributed by atoms with Gasteiger partial charge in [-0.25, -0.2) is 4.79 Å². The van der Waals surface area contributed by atoms with E-state index in [-0.39, 0.29) is 23.8 Å². The zero-order valence-corrected chi connectivity index (χ0v) is 24.7. The number of benzene rings is 2. The number of ether oxygens (including phenoxy) is 6. The van der Waals surface area contributed by atoms with Gasteiger partial charge in [0.25, 0.3) is 0 Å². The lowest BCUT2D eigenvalue weighted by molar-refractivity contribution is -0.176. The van der Waals surface area contributed by atoms with E-state index < -0.39 is 24.1 Å². The summed E-state index contributed by atoms with van der Waals surface area (Å²) in [6.07, 6.45) is 1.06. The van der Waals surface area contributed by atoms with Crippen molar-refractivity contribution < 1.29 is 38.0 Å². The molecule has 3 aromatic rings. The number of carbonyl (C=O) groups excluding carboxylic acids is 2. The summed E-state index contributed by atoms with van der Waals surface area (Å²) in [5.74, 6) is 0.493. The third-order valence-electron chi connectivity index (χ3n) is 9.48. The van der Waals surface area contributed by atoms with E-state index >= 15 is 0 Å². The molecule has 0 bridgehead atoms. The predicted molar refractivity (Wildman–Crippen MR) is 154 cm³/mol. The number of esters is 2. The summed E-state index contributed by atoms with van der Waals surface area (Å²) in [5.41, 5.74) is 3.95. The molecule has 6 rings (SSSR count). The topological polar surface area (TPSA) is 109 Å². The van der Waals surface area contributed by atoms with Crippen LogP contribution in [0.2, 0.25) is 0 Å². The summed E-state index contributed by atoms with van der Waals surface area (Å²) in [4.78, 5) is 32.9. The number of piperidine rings is 1. The Labute approximate surface area is 245 Å². The maximum Gasteiger partial charge on any atom is 0.338 e. The first-order valence-corrected chi connectivity index (χ1v) is 14.4. The normalized spacial score (nSPS) is 26.9. The summed E-state index contributed by atoms with van der Waals surface area (Å²) in [7, 11) is 7.70. The van der Waals surface area contributed by atoms with Gasteiger partial charge in [-0.2, -0.15) is 0 Å². The lowest BCUT2D eigenvalue weighted by atomic mass is 9.63. The summed E-state index contributed by atoms with van der Waals surface area (Å²) in [6.45, 7) is 1.72. The fraction of sp³-hybridized carbons (Fsp3) is 0.500. The summed E-state index contributed by atoms with van der Waals surface area (Å²) in [6, 6.07) is 11.2. The minimum Gasteiger partial charge on any atom is -0.497 e. The third kappa shape index (κ3) is 4.76. The van der Waals surface area contributed by atoms with Gasteiger partial charge in [0.2, 0.25) is 0 Å². The number of hydrogen-bond acceptors (Lipinski definition) is 9. The molecule has 1 saturated carbocycles. The van der Waals surface area contributed by atoms with Crippen LogP contribution in [0.5, 0.6) is 17.2 Å². The molecule has 2 aliphatic heterocycles. The maximum absolute atomic E-state index is 13.4. The van der Waals surface area contributed by atoms with Crippen LogP contribution >= 0.6 is 0 Å². The van der Waals surface area contributed by atoms with Crippen molar-refractivity contribution in [2.24, 2.45) is 17.8 Å². The van der Waals surface area contributed by atoms with Gasteiger partial charge in [0.1, 0.15) is 18.0 Å². The van der Waals surface area contributed by atoms with Gasteiger partial charge >= 0.3 is 11.9 Å². The van der Waals surface area contributed by atoms with Crippen molar-refractivity contribution in [2.75, 3.05) is 48.6 Å². The zero-order chi connectivity index (χ0) is 29.5. The first-order chi connectivity index (χ1) is 20.4. The van der Waals surface area contributed by atoms with Gasteiger partial charge in [-0.3, -0.25) is 9.69 Å². The van der Waals surface area contributed by atoms with Gasteiger partial charge in [-0.1, -0.05) is 0 Å². The molecule has 0 spiro atoms. The molecule has 1 aromatic heterocycles. The number of rotatable bonds is 7. The molecule has 0 radical (unpaired) electrons. The number of aromatic amines is 1. The molecule has 0 amide bonds. The molecule has 10 nitrogen and oxygen atoms in total. The smallest absolute Gasteiger partial charge is 0.338 e. The second-order valence-corrected chi connectivity index (χ2v) is 11.3. The van der Waals surface area contributed by atoms with E-state index in [1.54, 1.807) is 32.4 Å². The molecule has 6 atom stereocenters. The van der Waals surface area contributed by atoms with Crippen LogP contribution in [0.4, 0.5) is 0 Å². The molecule has 3 aliphatic rings. The molecule has 3 heterocycles. The molecule has 1 N–H and O–H groups in total. The second-order valence-electron chi connectivity index (χ2n) is 11.3. The Morgan fingerprint density at radius 1 is 0.929 bits per heavy atom. The number of methoxy groups -OCH3 is 5. The van der Waals surface area contributed by atoms with Crippen LogP contribution < -0.4 is 14.2 Å². The van der Waals surface area contributed by atoms with Crippen molar-refractivity contribution in [3.05, 3.63) is 53.2 Å². The van der Waals surface area contributed by atoms with E-state index in [2.05, 4.69) is 16.0 Å². The minimum atomic E-state index is -0.635. The molecule has 2 fully saturated rings. The Hall–Kier alpha value is -3.76. The van der Waals surface area contributed by atoms with Crippen LogP contribution in [-0.4, -0.2) is 82.7 Å². The number of fused-ring (bicyclic) bond motifs is 6. The number of nitrogens with one attached hydrogen (secondary N) is 1. The molecule has 1 aliphatic carbocycles. The Morgan fingerprint density at radius 3 is 2.45 bits per heavy atom.